The van der Waals surface area contributed by atoms with Crippen molar-refractivity contribution >= 4 is 9.84 Å². The summed E-state index contributed by atoms with van der Waals surface area (Å²) < 4.78 is 49.9. The van der Waals surface area contributed by atoms with Gasteiger partial charge in [0.2, 0.25) is 0 Å². The summed E-state index contributed by atoms with van der Waals surface area (Å²) in [7, 11) is -2.02. The molecule has 0 aromatic heterocycles. The molecule has 2 atom stereocenters. The largest absolute Gasteiger partial charge is 0.316 e. The van der Waals surface area contributed by atoms with Gasteiger partial charge in [0.05, 0.1) is 10.1 Å². The average molecular weight is 263 g/mol. The lowest BCUT2D eigenvalue weighted by molar-refractivity contribution is 0.502. The standard InChI is InChI=1S/C11H15F2NO2S/c1-7(14-3)8(2)17(15,16)9-4-5-10(12)11(13)6-9/h4-8,14H,1-3H3. The highest BCUT2D eigenvalue weighted by atomic mass is 32.2. The monoisotopic (exact) mass is 263 g/mol. The molecule has 0 amide bonds. The summed E-state index contributed by atoms with van der Waals surface area (Å²) in [5.41, 5.74) is 0. The quantitative estimate of drug-likeness (QED) is 0.842. The van der Waals surface area contributed by atoms with Crippen molar-refractivity contribution in [2.45, 2.75) is 30.0 Å². The summed E-state index contributed by atoms with van der Waals surface area (Å²) in [6.07, 6.45) is 0. The second-order valence-electron chi connectivity index (χ2n) is 3.90. The summed E-state index contributed by atoms with van der Waals surface area (Å²) in [5, 5.41) is 2.09. The first-order chi connectivity index (χ1) is 7.80. The van der Waals surface area contributed by atoms with E-state index in [-0.39, 0.29) is 10.9 Å². The molecule has 2 unspecified atom stereocenters. The fourth-order valence-electron chi connectivity index (χ4n) is 1.37. The van der Waals surface area contributed by atoms with E-state index in [4.69, 9.17) is 0 Å². The van der Waals surface area contributed by atoms with E-state index in [1.807, 2.05) is 0 Å². The Morgan fingerprint density at radius 3 is 2.24 bits per heavy atom. The third-order valence-corrected chi connectivity index (χ3v) is 5.17. The Bertz CT molecular complexity index is 502. The molecule has 0 aliphatic carbocycles. The zero-order valence-corrected chi connectivity index (χ0v) is 10.7. The van der Waals surface area contributed by atoms with Crippen LogP contribution in [0.5, 0.6) is 0 Å². The molecule has 6 heteroatoms. The number of rotatable bonds is 4. The molecular formula is C11H15F2NO2S. The Balaban J connectivity index is 3.17. The number of nitrogens with one attached hydrogen (secondary N) is 1. The molecule has 3 nitrogen and oxygen atoms in total. The summed E-state index contributed by atoms with van der Waals surface area (Å²) >= 11 is 0. The second kappa shape index (κ2) is 5.10. The van der Waals surface area contributed by atoms with Crippen LogP contribution in [0.3, 0.4) is 0 Å². The molecule has 1 aromatic rings. The van der Waals surface area contributed by atoms with Crippen molar-refractivity contribution in [3.05, 3.63) is 29.8 Å². The van der Waals surface area contributed by atoms with Gasteiger partial charge in [-0.1, -0.05) is 0 Å². The molecule has 0 heterocycles. The number of sulfone groups is 1. The van der Waals surface area contributed by atoms with Crippen LogP contribution in [-0.2, 0) is 9.84 Å². The van der Waals surface area contributed by atoms with Crippen LogP contribution < -0.4 is 5.32 Å². The Hall–Kier alpha value is -1.01. The summed E-state index contributed by atoms with van der Waals surface area (Å²) in [6, 6.07) is 2.32. The number of hydrogen-bond acceptors (Lipinski definition) is 3. The molecule has 0 fully saturated rings. The highest BCUT2D eigenvalue weighted by Gasteiger charge is 2.28. The van der Waals surface area contributed by atoms with Crippen LogP contribution >= 0.6 is 0 Å². The highest BCUT2D eigenvalue weighted by molar-refractivity contribution is 7.92. The van der Waals surface area contributed by atoms with E-state index < -0.39 is 26.7 Å². The van der Waals surface area contributed by atoms with Gasteiger partial charge in [0.25, 0.3) is 0 Å². The summed E-state index contributed by atoms with van der Waals surface area (Å²) in [4.78, 5) is -0.203. The molecule has 1 N–H and O–H groups in total. The van der Waals surface area contributed by atoms with Gasteiger partial charge in [-0.3, -0.25) is 0 Å². The topological polar surface area (TPSA) is 46.2 Å². The van der Waals surface area contributed by atoms with Crippen LogP contribution in [0.1, 0.15) is 13.8 Å². The maximum atomic E-state index is 13.0. The van der Waals surface area contributed by atoms with Crippen molar-refractivity contribution in [3.8, 4) is 0 Å². The van der Waals surface area contributed by atoms with Crippen LogP contribution in [0.2, 0.25) is 0 Å². The Morgan fingerprint density at radius 1 is 1.18 bits per heavy atom. The van der Waals surface area contributed by atoms with Crippen molar-refractivity contribution in [2.24, 2.45) is 0 Å². The van der Waals surface area contributed by atoms with Gasteiger partial charge in [-0.05, 0) is 39.1 Å². The third kappa shape index (κ3) is 2.81. The van der Waals surface area contributed by atoms with Gasteiger partial charge in [0.1, 0.15) is 0 Å². The van der Waals surface area contributed by atoms with Crippen LogP contribution in [0.4, 0.5) is 8.78 Å². The first kappa shape index (κ1) is 14.1. The maximum absolute atomic E-state index is 13.0. The number of benzene rings is 1. The zero-order chi connectivity index (χ0) is 13.2. The number of halogens is 2. The predicted octanol–water partition coefficient (Wildman–Crippen LogP) is 1.73. The Kier molecular flexibility index (Phi) is 4.21. The van der Waals surface area contributed by atoms with E-state index in [1.165, 1.54) is 6.92 Å². The molecule has 0 saturated heterocycles. The van der Waals surface area contributed by atoms with Gasteiger partial charge in [0.15, 0.2) is 21.5 Å². The molecule has 17 heavy (non-hydrogen) atoms. The van der Waals surface area contributed by atoms with E-state index in [2.05, 4.69) is 5.32 Å². The summed E-state index contributed by atoms with van der Waals surface area (Å²) in [6.45, 7) is 3.24. The lowest BCUT2D eigenvalue weighted by Gasteiger charge is -2.19. The molecule has 96 valence electrons. The van der Waals surface area contributed by atoms with Gasteiger partial charge >= 0.3 is 0 Å². The van der Waals surface area contributed by atoms with Gasteiger partial charge in [0, 0.05) is 6.04 Å². The van der Waals surface area contributed by atoms with Gasteiger partial charge < -0.3 is 5.32 Å². The Morgan fingerprint density at radius 2 is 1.76 bits per heavy atom. The normalized spacial score (nSPS) is 15.6. The van der Waals surface area contributed by atoms with Crippen LogP contribution in [0, 0.1) is 11.6 Å². The predicted molar refractivity (Wildman–Crippen MR) is 61.5 cm³/mol. The van der Waals surface area contributed by atoms with Gasteiger partial charge in [-0.2, -0.15) is 0 Å². The highest BCUT2D eigenvalue weighted by Crippen LogP contribution is 2.20. The van der Waals surface area contributed by atoms with Crippen molar-refractivity contribution in [1.29, 1.82) is 0 Å². The zero-order valence-electron chi connectivity index (χ0n) is 9.87. The Labute approximate surface area is 99.8 Å². The maximum Gasteiger partial charge on any atom is 0.182 e. The molecule has 0 radical (unpaired) electrons. The first-order valence-electron chi connectivity index (χ1n) is 5.17. The molecule has 0 aliphatic heterocycles. The summed E-state index contributed by atoms with van der Waals surface area (Å²) in [5.74, 6) is -2.21. The fourth-order valence-corrected chi connectivity index (χ4v) is 3.00. The first-order valence-corrected chi connectivity index (χ1v) is 6.71. The van der Waals surface area contributed by atoms with Gasteiger partial charge in [-0.25, -0.2) is 17.2 Å². The molecule has 1 rings (SSSR count). The van der Waals surface area contributed by atoms with E-state index in [9.17, 15) is 17.2 Å². The average Bonchev–Trinajstić information content (AvgIpc) is 2.30. The van der Waals surface area contributed by atoms with Crippen molar-refractivity contribution in [3.63, 3.8) is 0 Å². The minimum Gasteiger partial charge on any atom is -0.316 e. The molecule has 0 aliphatic rings. The lowest BCUT2D eigenvalue weighted by Crippen LogP contribution is -2.38. The lowest BCUT2D eigenvalue weighted by atomic mass is 10.3. The molecular weight excluding hydrogens is 248 g/mol. The molecule has 1 aromatic carbocycles. The fraction of sp³-hybridized carbons (Fsp3) is 0.455. The molecule has 0 bridgehead atoms. The molecule has 0 spiro atoms. The van der Waals surface area contributed by atoms with Crippen LogP contribution in [-0.4, -0.2) is 26.8 Å². The molecule has 0 saturated carbocycles. The minimum absolute atomic E-state index is 0.203. The van der Waals surface area contributed by atoms with Crippen molar-refractivity contribution in [1.82, 2.24) is 5.32 Å². The smallest absolute Gasteiger partial charge is 0.182 e. The van der Waals surface area contributed by atoms with Crippen LogP contribution in [0.25, 0.3) is 0 Å². The minimum atomic E-state index is -3.66. The van der Waals surface area contributed by atoms with E-state index in [0.29, 0.717) is 6.07 Å². The second-order valence-corrected chi connectivity index (χ2v) is 6.21. The van der Waals surface area contributed by atoms with E-state index in [1.54, 1.807) is 14.0 Å². The SMILES string of the molecule is CNC(C)C(C)S(=O)(=O)c1ccc(F)c(F)c1. The van der Waals surface area contributed by atoms with E-state index >= 15 is 0 Å². The van der Waals surface area contributed by atoms with E-state index in [0.717, 1.165) is 12.1 Å². The van der Waals surface area contributed by atoms with Crippen LogP contribution in [0.15, 0.2) is 23.1 Å². The number of hydrogen-bond donors (Lipinski definition) is 1. The van der Waals surface area contributed by atoms with Crippen molar-refractivity contribution < 1.29 is 17.2 Å². The third-order valence-electron chi connectivity index (χ3n) is 2.87. The van der Waals surface area contributed by atoms with Gasteiger partial charge in [-0.15, -0.1) is 0 Å². The van der Waals surface area contributed by atoms with Crippen molar-refractivity contribution in [2.75, 3.05) is 7.05 Å².